The van der Waals surface area contributed by atoms with E-state index >= 15 is 0 Å². The topological polar surface area (TPSA) is 57.8 Å². The van der Waals surface area contributed by atoms with Gasteiger partial charge in [0.2, 0.25) is 0 Å². The van der Waals surface area contributed by atoms with E-state index in [4.69, 9.17) is 0 Å². The van der Waals surface area contributed by atoms with Crippen LogP contribution in [-0.2, 0) is 0 Å². The highest BCUT2D eigenvalue weighted by Gasteiger charge is 2.40. The lowest BCUT2D eigenvalue weighted by Crippen LogP contribution is -2.30. The maximum absolute atomic E-state index is 12.1. The monoisotopic (exact) mass is 243 g/mol. The van der Waals surface area contributed by atoms with E-state index in [0.29, 0.717) is 11.1 Å². The van der Waals surface area contributed by atoms with Crippen LogP contribution < -0.4 is 5.32 Å². The summed E-state index contributed by atoms with van der Waals surface area (Å²) in [5, 5.41) is 10.9. The van der Waals surface area contributed by atoms with Gasteiger partial charge in [0.15, 0.2) is 5.69 Å². The average molecular weight is 243 g/mol. The molecule has 0 spiro atoms. The zero-order valence-corrected chi connectivity index (χ0v) is 10.5. The van der Waals surface area contributed by atoms with Gasteiger partial charge >= 0.3 is 0 Å². The minimum atomic E-state index is -0.0767. The van der Waals surface area contributed by atoms with Crippen LogP contribution in [0, 0.1) is 5.41 Å². The van der Waals surface area contributed by atoms with Gasteiger partial charge in [-0.15, -0.1) is 0 Å². The van der Waals surface area contributed by atoms with Gasteiger partial charge in [0.25, 0.3) is 5.91 Å². The van der Waals surface area contributed by atoms with Gasteiger partial charge in [-0.2, -0.15) is 5.10 Å². The summed E-state index contributed by atoms with van der Waals surface area (Å²) in [6, 6.07) is 7.69. The molecule has 0 bridgehead atoms. The van der Waals surface area contributed by atoms with Gasteiger partial charge in [-0.3, -0.25) is 9.89 Å². The van der Waals surface area contributed by atoms with Crippen LogP contribution in [0.25, 0.3) is 10.9 Å². The molecule has 1 amide bonds. The van der Waals surface area contributed by atoms with E-state index in [0.717, 1.165) is 23.9 Å². The lowest BCUT2D eigenvalue weighted by Gasteiger charge is -2.12. The number of benzene rings is 1. The standard InChI is InChI=1S/C14H17N3O/c1-2-14(7-8-14)9-15-13(18)12-10-5-3-4-6-11(10)16-17-12/h3-6H,2,7-9H2,1H3,(H,15,18)(H,16,17). The lowest BCUT2D eigenvalue weighted by molar-refractivity contribution is 0.0941. The zero-order chi connectivity index (χ0) is 12.6. The molecule has 94 valence electrons. The number of nitrogens with zero attached hydrogens (tertiary/aromatic N) is 1. The van der Waals surface area contributed by atoms with Crippen molar-refractivity contribution < 1.29 is 4.79 Å². The number of para-hydroxylation sites is 1. The minimum absolute atomic E-state index is 0.0767. The highest BCUT2D eigenvalue weighted by Crippen LogP contribution is 2.47. The Morgan fingerprint density at radius 3 is 2.94 bits per heavy atom. The predicted molar refractivity (Wildman–Crippen MR) is 70.4 cm³/mol. The first-order chi connectivity index (χ1) is 8.74. The third-order valence-corrected chi connectivity index (χ3v) is 4.02. The molecule has 18 heavy (non-hydrogen) atoms. The molecular weight excluding hydrogens is 226 g/mol. The number of carbonyl (C=O) groups excluding carboxylic acids is 1. The molecule has 0 radical (unpaired) electrons. The van der Waals surface area contributed by atoms with Gasteiger partial charge in [-0.05, 0) is 30.7 Å². The molecule has 0 saturated heterocycles. The van der Waals surface area contributed by atoms with E-state index in [1.807, 2.05) is 24.3 Å². The van der Waals surface area contributed by atoms with Crippen molar-refractivity contribution in [1.29, 1.82) is 0 Å². The van der Waals surface area contributed by atoms with Crippen LogP contribution in [0.15, 0.2) is 24.3 Å². The molecule has 1 aromatic carbocycles. The van der Waals surface area contributed by atoms with E-state index in [-0.39, 0.29) is 5.91 Å². The molecule has 1 aliphatic carbocycles. The number of aromatic amines is 1. The molecule has 1 aromatic heterocycles. The molecule has 1 heterocycles. The summed E-state index contributed by atoms with van der Waals surface area (Å²) in [4.78, 5) is 12.1. The fourth-order valence-corrected chi connectivity index (χ4v) is 2.32. The maximum Gasteiger partial charge on any atom is 0.272 e. The first-order valence-corrected chi connectivity index (χ1v) is 6.45. The highest BCUT2D eigenvalue weighted by molar-refractivity contribution is 6.04. The predicted octanol–water partition coefficient (Wildman–Crippen LogP) is 2.48. The van der Waals surface area contributed by atoms with Crippen LogP contribution in [0.1, 0.15) is 36.7 Å². The number of hydrogen-bond donors (Lipinski definition) is 2. The summed E-state index contributed by atoms with van der Waals surface area (Å²) >= 11 is 0. The van der Waals surface area contributed by atoms with E-state index in [1.54, 1.807) is 0 Å². The molecule has 0 unspecified atom stereocenters. The van der Waals surface area contributed by atoms with Crippen LogP contribution in [0.2, 0.25) is 0 Å². The number of fused-ring (bicyclic) bond motifs is 1. The van der Waals surface area contributed by atoms with E-state index in [1.165, 1.54) is 12.8 Å². The van der Waals surface area contributed by atoms with Crippen LogP contribution in [0.3, 0.4) is 0 Å². The maximum atomic E-state index is 12.1. The quantitative estimate of drug-likeness (QED) is 0.866. The van der Waals surface area contributed by atoms with E-state index in [9.17, 15) is 4.79 Å². The van der Waals surface area contributed by atoms with Crippen molar-refractivity contribution in [2.24, 2.45) is 5.41 Å². The number of H-pyrrole nitrogens is 1. The second-order valence-corrected chi connectivity index (χ2v) is 5.15. The van der Waals surface area contributed by atoms with Gasteiger partial charge in [-0.1, -0.05) is 25.1 Å². The second-order valence-electron chi connectivity index (χ2n) is 5.15. The fraction of sp³-hybridized carbons (Fsp3) is 0.429. The Labute approximate surface area is 106 Å². The Hall–Kier alpha value is -1.84. The Morgan fingerprint density at radius 1 is 1.44 bits per heavy atom. The normalized spacial score (nSPS) is 16.7. The molecule has 1 saturated carbocycles. The van der Waals surface area contributed by atoms with Gasteiger partial charge in [0, 0.05) is 11.9 Å². The van der Waals surface area contributed by atoms with Gasteiger partial charge in [-0.25, -0.2) is 0 Å². The highest BCUT2D eigenvalue weighted by atomic mass is 16.1. The molecular formula is C14H17N3O. The Kier molecular flexibility index (Phi) is 2.58. The molecule has 2 N–H and O–H groups in total. The van der Waals surface area contributed by atoms with Crippen LogP contribution in [0.4, 0.5) is 0 Å². The summed E-state index contributed by atoms with van der Waals surface area (Å²) in [5.74, 6) is -0.0767. The second kappa shape index (κ2) is 4.12. The van der Waals surface area contributed by atoms with Crippen molar-refractivity contribution >= 4 is 16.8 Å². The number of amides is 1. The van der Waals surface area contributed by atoms with Crippen molar-refractivity contribution in [1.82, 2.24) is 15.5 Å². The van der Waals surface area contributed by atoms with E-state index in [2.05, 4.69) is 22.4 Å². The number of aromatic nitrogens is 2. The van der Waals surface area contributed by atoms with Crippen LogP contribution >= 0.6 is 0 Å². The first-order valence-electron chi connectivity index (χ1n) is 6.45. The Bertz CT molecular complexity index is 583. The summed E-state index contributed by atoms with van der Waals surface area (Å²) in [5.41, 5.74) is 1.76. The smallest absolute Gasteiger partial charge is 0.272 e. The zero-order valence-electron chi connectivity index (χ0n) is 10.5. The molecule has 2 aromatic rings. The summed E-state index contributed by atoms with van der Waals surface area (Å²) in [6.07, 6.45) is 3.59. The first kappa shape index (κ1) is 11.3. The van der Waals surface area contributed by atoms with Crippen molar-refractivity contribution in [2.75, 3.05) is 6.54 Å². The SMILES string of the molecule is CCC1(CNC(=O)c2n[nH]c3ccccc23)CC1. The summed E-state index contributed by atoms with van der Waals surface area (Å²) in [6.45, 7) is 2.95. The molecule has 1 fully saturated rings. The van der Waals surface area contributed by atoms with Crippen LogP contribution in [-0.4, -0.2) is 22.6 Å². The van der Waals surface area contributed by atoms with Crippen molar-refractivity contribution in [3.8, 4) is 0 Å². The molecule has 1 aliphatic rings. The molecule has 4 heteroatoms. The Balaban J connectivity index is 1.76. The molecule has 0 aliphatic heterocycles. The minimum Gasteiger partial charge on any atom is -0.350 e. The third kappa shape index (κ3) is 1.88. The Morgan fingerprint density at radius 2 is 2.22 bits per heavy atom. The summed E-state index contributed by atoms with van der Waals surface area (Å²) < 4.78 is 0. The number of carbonyl (C=O) groups is 1. The van der Waals surface area contributed by atoms with Gasteiger partial charge < -0.3 is 5.32 Å². The number of nitrogens with one attached hydrogen (secondary N) is 2. The molecule has 0 atom stereocenters. The van der Waals surface area contributed by atoms with Gasteiger partial charge in [0.1, 0.15) is 0 Å². The summed E-state index contributed by atoms with van der Waals surface area (Å²) in [7, 11) is 0. The third-order valence-electron chi connectivity index (χ3n) is 4.02. The average Bonchev–Trinajstić information content (AvgIpc) is 3.07. The van der Waals surface area contributed by atoms with Crippen molar-refractivity contribution in [3.05, 3.63) is 30.0 Å². The van der Waals surface area contributed by atoms with Gasteiger partial charge in [0.05, 0.1) is 5.52 Å². The number of rotatable bonds is 4. The van der Waals surface area contributed by atoms with Crippen molar-refractivity contribution in [3.63, 3.8) is 0 Å². The van der Waals surface area contributed by atoms with Crippen LogP contribution in [0.5, 0.6) is 0 Å². The lowest BCUT2D eigenvalue weighted by atomic mass is 10.0. The molecule has 3 rings (SSSR count). The van der Waals surface area contributed by atoms with E-state index < -0.39 is 0 Å². The largest absolute Gasteiger partial charge is 0.350 e. The van der Waals surface area contributed by atoms with Crippen molar-refractivity contribution in [2.45, 2.75) is 26.2 Å². The number of hydrogen-bond acceptors (Lipinski definition) is 2. The molecule has 4 nitrogen and oxygen atoms in total. The fourth-order valence-electron chi connectivity index (χ4n) is 2.32.